The number of rotatable bonds is 5. The molecule has 0 bridgehead atoms. The largest absolute Gasteiger partial charge is 0.487 e. The molecule has 0 N–H and O–H groups in total. The molecule has 96 valence electrons. The summed E-state index contributed by atoms with van der Waals surface area (Å²) in [6, 6.07) is 11.7. The standard InChI is InChI=1S/C15H12ClNO2/c16-15(18)7-6-13-8-14(10-17-9-13)19-11-12-4-2-1-3-5-12/h1-10H,11H2. The van der Waals surface area contributed by atoms with E-state index >= 15 is 0 Å². The van der Waals surface area contributed by atoms with Gasteiger partial charge < -0.3 is 4.74 Å². The van der Waals surface area contributed by atoms with Gasteiger partial charge >= 0.3 is 0 Å². The zero-order chi connectivity index (χ0) is 13.5. The number of benzene rings is 1. The number of halogens is 1. The normalized spacial score (nSPS) is 10.6. The molecule has 0 aliphatic carbocycles. The maximum atomic E-state index is 10.6. The first kappa shape index (κ1) is 13.3. The minimum atomic E-state index is -0.518. The topological polar surface area (TPSA) is 39.2 Å². The number of carbonyl (C=O) groups excluding carboxylic acids is 1. The van der Waals surface area contributed by atoms with Gasteiger partial charge in [0.2, 0.25) is 5.24 Å². The highest BCUT2D eigenvalue weighted by molar-refractivity contribution is 6.66. The van der Waals surface area contributed by atoms with Crippen molar-refractivity contribution in [2.24, 2.45) is 0 Å². The third kappa shape index (κ3) is 4.56. The van der Waals surface area contributed by atoms with Crippen molar-refractivity contribution in [3.63, 3.8) is 0 Å². The number of nitrogens with zero attached hydrogens (tertiary/aromatic N) is 1. The number of hydrogen-bond donors (Lipinski definition) is 0. The van der Waals surface area contributed by atoms with E-state index < -0.39 is 5.24 Å². The monoisotopic (exact) mass is 273 g/mol. The third-order valence-corrected chi connectivity index (χ3v) is 2.52. The summed E-state index contributed by atoms with van der Waals surface area (Å²) in [4.78, 5) is 14.7. The van der Waals surface area contributed by atoms with E-state index in [4.69, 9.17) is 16.3 Å². The Hall–Kier alpha value is -2.13. The van der Waals surface area contributed by atoms with E-state index in [0.29, 0.717) is 12.4 Å². The van der Waals surface area contributed by atoms with Gasteiger partial charge in [0.1, 0.15) is 12.4 Å². The average molecular weight is 274 g/mol. The fourth-order valence-electron chi connectivity index (χ4n) is 1.51. The van der Waals surface area contributed by atoms with Gasteiger partial charge in [0.15, 0.2) is 0 Å². The molecule has 2 rings (SSSR count). The summed E-state index contributed by atoms with van der Waals surface area (Å²) in [5.41, 5.74) is 1.85. The van der Waals surface area contributed by atoms with Crippen LogP contribution in [0, 0.1) is 0 Å². The van der Waals surface area contributed by atoms with Crippen LogP contribution in [0.3, 0.4) is 0 Å². The number of hydrogen-bond acceptors (Lipinski definition) is 3. The van der Waals surface area contributed by atoms with E-state index in [2.05, 4.69) is 4.98 Å². The maximum absolute atomic E-state index is 10.6. The SMILES string of the molecule is O=C(Cl)C=Cc1cncc(OCc2ccccc2)c1. The van der Waals surface area contributed by atoms with Gasteiger partial charge in [0.25, 0.3) is 0 Å². The van der Waals surface area contributed by atoms with Crippen molar-refractivity contribution in [3.8, 4) is 5.75 Å². The lowest BCUT2D eigenvalue weighted by atomic mass is 10.2. The van der Waals surface area contributed by atoms with Gasteiger partial charge in [-0.2, -0.15) is 0 Å². The lowest BCUT2D eigenvalue weighted by Crippen LogP contribution is -1.95. The quantitative estimate of drug-likeness (QED) is 0.619. The molecule has 0 spiro atoms. The Balaban J connectivity index is 2.01. The molecule has 0 radical (unpaired) electrons. The van der Waals surface area contributed by atoms with Crippen molar-refractivity contribution < 1.29 is 9.53 Å². The molecule has 0 fully saturated rings. The fourth-order valence-corrected chi connectivity index (χ4v) is 1.57. The molecule has 3 nitrogen and oxygen atoms in total. The van der Waals surface area contributed by atoms with E-state index in [1.165, 1.54) is 6.08 Å². The molecule has 2 aromatic rings. The Morgan fingerprint density at radius 3 is 2.79 bits per heavy atom. The van der Waals surface area contributed by atoms with Gasteiger partial charge in [-0.15, -0.1) is 0 Å². The smallest absolute Gasteiger partial charge is 0.245 e. The van der Waals surface area contributed by atoms with Crippen LogP contribution in [0.15, 0.2) is 54.9 Å². The molecular formula is C15H12ClNO2. The molecule has 0 unspecified atom stereocenters. The van der Waals surface area contributed by atoms with Crippen LogP contribution in [0.5, 0.6) is 5.75 Å². The zero-order valence-electron chi connectivity index (χ0n) is 10.1. The molecule has 0 atom stereocenters. The predicted octanol–water partition coefficient (Wildman–Crippen LogP) is 3.44. The number of carbonyl (C=O) groups is 1. The molecule has 0 aliphatic heterocycles. The van der Waals surface area contributed by atoms with Crippen LogP contribution in [0.2, 0.25) is 0 Å². The second-order valence-corrected chi connectivity index (χ2v) is 4.24. The number of aromatic nitrogens is 1. The number of pyridine rings is 1. The van der Waals surface area contributed by atoms with Gasteiger partial charge in [-0.1, -0.05) is 30.3 Å². The van der Waals surface area contributed by atoms with E-state index in [-0.39, 0.29) is 0 Å². The molecule has 0 saturated carbocycles. The molecular weight excluding hydrogens is 262 g/mol. The summed E-state index contributed by atoms with van der Waals surface area (Å²) >= 11 is 5.23. The Labute approximate surface area is 116 Å². The van der Waals surface area contributed by atoms with Crippen molar-refractivity contribution in [1.82, 2.24) is 4.98 Å². The first-order valence-corrected chi connectivity index (χ1v) is 6.11. The Morgan fingerprint density at radius 1 is 1.26 bits per heavy atom. The highest BCUT2D eigenvalue weighted by atomic mass is 35.5. The minimum Gasteiger partial charge on any atom is -0.487 e. The molecule has 0 aliphatic rings. The molecule has 19 heavy (non-hydrogen) atoms. The molecule has 4 heteroatoms. The van der Waals surface area contributed by atoms with Crippen LogP contribution in [-0.2, 0) is 11.4 Å². The van der Waals surface area contributed by atoms with Crippen LogP contribution in [-0.4, -0.2) is 10.2 Å². The van der Waals surface area contributed by atoms with Crippen molar-refractivity contribution in [1.29, 1.82) is 0 Å². The fraction of sp³-hybridized carbons (Fsp3) is 0.0667. The van der Waals surface area contributed by atoms with Gasteiger partial charge in [0.05, 0.1) is 6.20 Å². The highest BCUT2D eigenvalue weighted by Crippen LogP contribution is 2.14. The minimum absolute atomic E-state index is 0.476. The zero-order valence-corrected chi connectivity index (χ0v) is 10.9. The van der Waals surface area contributed by atoms with Crippen molar-refractivity contribution in [3.05, 3.63) is 66.0 Å². The summed E-state index contributed by atoms with van der Waals surface area (Å²) in [6.45, 7) is 0.476. The lowest BCUT2D eigenvalue weighted by molar-refractivity contribution is -0.107. The Bertz CT molecular complexity index is 582. The van der Waals surface area contributed by atoms with Crippen LogP contribution >= 0.6 is 11.6 Å². The summed E-state index contributed by atoms with van der Waals surface area (Å²) in [7, 11) is 0. The van der Waals surface area contributed by atoms with Crippen LogP contribution in [0.1, 0.15) is 11.1 Å². The van der Waals surface area contributed by atoms with Crippen molar-refractivity contribution in [2.75, 3.05) is 0 Å². The van der Waals surface area contributed by atoms with Gasteiger partial charge in [-0.05, 0) is 40.9 Å². The van der Waals surface area contributed by atoms with Crippen LogP contribution in [0.25, 0.3) is 6.08 Å². The molecule has 1 aromatic heterocycles. The first-order valence-electron chi connectivity index (χ1n) is 5.73. The van der Waals surface area contributed by atoms with Crippen LogP contribution < -0.4 is 4.74 Å². The second-order valence-electron chi connectivity index (χ2n) is 3.87. The van der Waals surface area contributed by atoms with E-state index in [0.717, 1.165) is 11.1 Å². The molecule has 1 aromatic carbocycles. The third-order valence-electron chi connectivity index (χ3n) is 2.39. The number of ether oxygens (including phenoxy) is 1. The molecule has 1 heterocycles. The van der Waals surface area contributed by atoms with E-state index in [9.17, 15) is 4.79 Å². The number of allylic oxidation sites excluding steroid dienone is 1. The van der Waals surface area contributed by atoms with Gasteiger partial charge in [-0.25, -0.2) is 0 Å². The van der Waals surface area contributed by atoms with Gasteiger partial charge in [0, 0.05) is 6.20 Å². The Kier molecular flexibility index (Phi) is 4.70. The second kappa shape index (κ2) is 6.71. The summed E-state index contributed by atoms with van der Waals surface area (Å²) < 4.78 is 5.63. The molecule has 0 saturated heterocycles. The average Bonchev–Trinajstić information content (AvgIpc) is 2.44. The van der Waals surface area contributed by atoms with Crippen LogP contribution in [0.4, 0.5) is 0 Å². The summed E-state index contributed by atoms with van der Waals surface area (Å²) in [6.07, 6.45) is 6.13. The lowest BCUT2D eigenvalue weighted by Gasteiger charge is -2.06. The van der Waals surface area contributed by atoms with E-state index in [1.54, 1.807) is 24.5 Å². The first-order chi connectivity index (χ1) is 9.24. The summed E-state index contributed by atoms with van der Waals surface area (Å²) in [5.74, 6) is 0.646. The maximum Gasteiger partial charge on any atom is 0.245 e. The van der Waals surface area contributed by atoms with Crippen molar-refractivity contribution in [2.45, 2.75) is 6.61 Å². The predicted molar refractivity (Wildman–Crippen MR) is 74.9 cm³/mol. The molecule has 0 amide bonds. The van der Waals surface area contributed by atoms with Crippen molar-refractivity contribution >= 4 is 22.9 Å². The van der Waals surface area contributed by atoms with E-state index in [1.807, 2.05) is 30.3 Å². The summed E-state index contributed by atoms with van der Waals surface area (Å²) in [5, 5.41) is -0.518. The Morgan fingerprint density at radius 2 is 2.05 bits per heavy atom. The van der Waals surface area contributed by atoms with Gasteiger partial charge in [-0.3, -0.25) is 9.78 Å². The highest BCUT2D eigenvalue weighted by Gasteiger charge is 1.97.